The first-order valence-corrected chi connectivity index (χ1v) is 10.6. The smallest absolute Gasteiger partial charge is 0.262 e. The van der Waals surface area contributed by atoms with Crippen molar-refractivity contribution in [3.8, 4) is 0 Å². The molecule has 0 spiro atoms. The molecular weight excluding hydrogens is 384 g/mol. The van der Waals surface area contributed by atoms with Gasteiger partial charge in [0.25, 0.3) is 5.56 Å². The van der Waals surface area contributed by atoms with Gasteiger partial charge in [0, 0.05) is 12.7 Å². The SMILES string of the molecule is CCc1ccc(C(=O)C(C)Sc2nc3ccccc3c(=O)n2C(C)COC)cc1. The van der Waals surface area contributed by atoms with E-state index in [0.29, 0.717) is 28.2 Å². The molecule has 1 heterocycles. The summed E-state index contributed by atoms with van der Waals surface area (Å²) in [5, 5.41) is 0.717. The highest BCUT2D eigenvalue weighted by Crippen LogP contribution is 2.27. The van der Waals surface area contributed by atoms with Gasteiger partial charge in [-0.05, 0) is 38.0 Å². The van der Waals surface area contributed by atoms with Gasteiger partial charge in [0.05, 0.1) is 28.8 Å². The summed E-state index contributed by atoms with van der Waals surface area (Å²) in [5.74, 6) is 0.0194. The van der Waals surface area contributed by atoms with Gasteiger partial charge in [-0.15, -0.1) is 0 Å². The lowest BCUT2D eigenvalue weighted by Gasteiger charge is -2.20. The third-order valence-electron chi connectivity index (χ3n) is 4.92. The van der Waals surface area contributed by atoms with Crippen molar-refractivity contribution in [2.45, 2.75) is 43.6 Å². The molecule has 3 rings (SSSR count). The monoisotopic (exact) mass is 410 g/mol. The Hall–Kier alpha value is -2.44. The van der Waals surface area contributed by atoms with Crippen LogP contribution < -0.4 is 5.56 Å². The second-order valence-electron chi connectivity index (χ2n) is 7.07. The second-order valence-corrected chi connectivity index (χ2v) is 8.37. The molecule has 5 nitrogen and oxygen atoms in total. The number of hydrogen-bond donors (Lipinski definition) is 0. The number of aromatic nitrogens is 2. The Bertz CT molecular complexity index is 1060. The minimum atomic E-state index is -0.378. The van der Waals surface area contributed by atoms with Crippen molar-refractivity contribution in [1.29, 1.82) is 0 Å². The Morgan fingerprint density at radius 3 is 2.48 bits per heavy atom. The number of aryl methyl sites for hydroxylation is 1. The molecule has 6 heteroatoms. The van der Waals surface area contributed by atoms with Crippen molar-refractivity contribution in [3.63, 3.8) is 0 Å². The summed E-state index contributed by atoms with van der Waals surface area (Å²) in [6.45, 7) is 6.24. The minimum Gasteiger partial charge on any atom is -0.383 e. The van der Waals surface area contributed by atoms with Crippen molar-refractivity contribution in [1.82, 2.24) is 9.55 Å². The lowest BCUT2D eigenvalue weighted by Crippen LogP contribution is -2.29. The van der Waals surface area contributed by atoms with Gasteiger partial charge in [0.1, 0.15) is 0 Å². The quantitative estimate of drug-likeness (QED) is 0.310. The average molecular weight is 411 g/mol. The van der Waals surface area contributed by atoms with Crippen molar-refractivity contribution in [2.75, 3.05) is 13.7 Å². The summed E-state index contributed by atoms with van der Waals surface area (Å²) in [4.78, 5) is 30.8. The van der Waals surface area contributed by atoms with E-state index < -0.39 is 0 Å². The summed E-state index contributed by atoms with van der Waals surface area (Å²) in [6.07, 6.45) is 0.934. The standard InChI is InChI=1S/C23H26N2O3S/c1-5-17-10-12-18(13-11-17)21(26)16(3)29-23-24-20-9-7-6-8-19(20)22(27)25(23)15(2)14-28-4/h6-13,15-16H,5,14H2,1-4H3. The van der Waals surface area contributed by atoms with Gasteiger partial charge in [0.2, 0.25) is 0 Å². The number of para-hydroxylation sites is 1. The maximum absolute atomic E-state index is 13.1. The molecule has 1 aromatic heterocycles. The molecule has 0 aliphatic carbocycles. The Morgan fingerprint density at radius 2 is 1.83 bits per heavy atom. The fourth-order valence-electron chi connectivity index (χ4n) is 3.26. The molecule has 0 radical (unpaired) electrons. The number of nitrogens with zero attached hydrogens (tertiary/aromatic N) is 2. The number of Topliss-reactive ketones (excluding diaryl/α,β-unsaturated/α-hetero) is 1. The number of benzene rings is 2. The first-order chi connectivity index (χ1) is 14.0. The average Bonchev–Trinajstić information content (AvgIpc) is 2.73. The van der Waals surface area contributed by atoms with Crippen LogP contribution in [-0.4, -0.2) is 34.3 Å². The highest BCUT2D eigenvalue weighted by molar-refractivity contribution is 8.00. The Morgan fingerprint density at radius 1 is 1.14 bits per heavy atom. The number of thioether (sulfide) groups is 1. The van der Waals surface area contributed by atoms with Crippen LogP contribution in [0.1, 0.15) is 42.7 Å². The zero-order valence-electron chi connectivity index (χ0n) is 17.2. The summed E-state index contributed by atoms with van der Waals surface area (Å²) >= 11 is 1.31. The van der Waals surface area contributed by atoms with E-state index in [4.69, 9.17) is 9.72 Å². The second kappa shape index (κ2) is 9.37. The Kier molecular flexibility index (Phi) is 6.87. The highest BCUT2D eigenvalue weighted by atomic mass is 32.2. The molecule has 3 aromatic rings. The molecule has 0 bridgehead atoms. The minimum absolute atomic E-state index is 0.0194. The Labute approximate surface area is 175 Å². The predicted molar refractivity (Wildman–Crippen MR) is 118 cm³/mol. The van der Waals surface area contributed by atoms with Crippen LogP contribution in [0.25, 0.3) is 10.9 Å². The molecule has 0 N–H and O–H groups in total. The Balaban J connectivity index is 1.97. The van der Waals surface area contributed by atoms with E-state index in [9.17, 15) is 9.59 Å². The number of ketones is 1. The van der Waals surface area contributed by atoms with E-state index in [-0.39, 0.29) is 22.6 Å². The van der Waals surface area contributed by atoms with E-state index in [1.807, 2.05) is 56.3 Å². The fourth-order valence-corrected chi connectivity index (χ4v) is 4.35. The largest absolute Gasteiger partial charge is 0.383 e. The predicted octanol–water partition coefficient (Wildman–Crippen LogP) is 4.53. The van der Waals surface area contributed by atoms with Crippen LogP contribution in [0.15, 0.2) is 58.5 Å². The number of ether oxygens (including phenoxy) is 1. The van der Waals surface area contributed by atoms with E-state index in [0.717, 1.165) is 6.42 Å². The van der Waals surface area contributed by atoms with Crippen LogP contribution in [-0.2, 0) is 11.2 Å². The molecule has 0 saturated heterocycles. The van der Waals surface area contributed by atoms with E-state index in [1.165, 1.54) is 17.3 Å². The lowest BCUT2D eigenvalue weighted by molar-refractivity contribution is 0.0993. The molecule has 2 unspecified atom stereocenters. The number of fused-ring (bicyclic) bond motifs is 1. The van der Waals surface area contributed by atoms with Crippen LogP contribution in [0, 0.1) is 0 Å². The number of methoxy groups -OCH3 is 1. The molecule has 152 valence electrons. The van der Waals surface area contributed by atoms with Gasteiger partial charge in [-0.25, -0.2) is 4.98 Å². The molecule has 2 aromatic carbocycles. The van der Waals surface area contributed by atoms with Gasteiger partial charge < -0.3 is 4.74 Å². The van der Waals surface area contributed by atoms with E-state index in [2.05, 4.69) is 6.92 Å². The topological polar surface area (TPSA) is 61.2 Å². The van der Waals surface area contributed by atoms with Gasteiger partial charge in [-0.2, -0.15) is 0 Å². The van der Waals surface area contributed by atoms with Crippen LogP contribution in [0.3, 0.4) is 0 Å². The maximum atomic E-state index is 13.1. The molecule has 0 fully saturated rings. The van der Waals surface area contributed by atoms with Gasteiger partial charge in [-0.1, -0.05) is 55.1 Å². The fraction of sp³-hybridized carbons (Fsp3) is 0.348. The highest BCUT2D eigenvalue weighted by Gasteiger charge is 2.22. The van der Waals surface area contributed by atoms with E-state index in [1.54, 1.807) is 17.7 Å². The molecule has 0 amide bonds. The van der Waals surface area contributed by atoms with Crippen molar-refractivity contribution in [2.24, 2.45) is 0 Å². The third kappa shape index (κ3) is 4.60. The van der Waals surface area contributed by atoms with Gasteiger partial charge in [0.15, 0.2) is 10.9 Å². The first kappa shape index (κ1) is 21.3. The van der Waals surface area contributed by atoms with Crippen LogP contribution in [0.2, 0.25) is 0 Å². The number of rotatable bonds is 8. The molecule has 0 aliphatic rings. The first-order valence-electron chi connectivity index (χ1n) is 9.76. The van der Waals surface area contributed by atoms with Crippen LogP contribution in [0.5, 0.6) is 0 Å². The summed E-state index contributed by atoms with van der Waals surface area (Å²) in [6, 6.07) is 14.8. The van der Waals surface area contributed by atoms with E-state index >= 15 is 0 Å². The third-order valence-corrected chi connectivity index (χ3v) is 5.99. The number of carbonyl (C=O) groups excluding carboxylic acids is 1. The van der Waals surface area contributed by atoms with Gasteiger partial charge >= 0.3 is 0 Å². The summed E-state index contributed by atoms with van der Waals surface area (Å²) in [7, 11) is 1.61. The van der Waals surface area contributed by atoms with Crippen molar-refractivity contribution < 1.29 is 9.53 Å². The zero-order valence-corrected chi connectivity index (χ0v) is 18.0. The number of hydrogen-bond acceptors (Lipinski definition) is 5. The molecule has 0 saturated carbocycles. The van der Waals surface area contributed by atoms with Crippen molar-refractivity contribution in [3.05, 3.63) is 70.0 Å². The van der Waals surface area contributed by atoms with Crippen molar-refractivity contribution >= 4 is 28.4 Å². The molecular formula is C23H26N2O3S. The molecule has 2 atom stereocenters. The molecule has 0 aliphatic heterocycles. The lowest BCUT2D eigenvalue weighted by atomic mass is 10.1. The normalized spacial score (nSPS) is 13.4. The van der Waals surface area contributed by atoms with Crippen LogP contribution >= 0.6 is 11.8 Å². The summed E-state index contributed by atoms with van der Waals surface area (Å²) in [5.41, 5.74) is 2.38. The molecule has 29 heavy (non-hydrogen) atoms. The zero-order chi connectivity index (χ0) is 21.0. The van der Waals surface area contributed by atoms with Crippen LogP contribution in [0.4, 0.5) is 0 Å². The number of carbonyl (C=O) groups is 1. The summed E-state index contributed by atoms with van der Waals surface area (Å²) < 4.78 is 6.90. The van der Waals surface area contributed by atoms with Gasteiger partial charge in [-0.3, -0.25) is 14.2 Å². The maximum Gasteiger partial charge on any atom is 0.262 e.